The van der Waals surface area contributed by atoms with E-state index in [9.17, 15) is 4.79 Å². The normalized spacial score (nSPS) is 14.6. The fourth-order valence-corrected chi connectivity index (χ4v) is 4.00. The molecule has 4 rings (SSSR count). The minimum atomic E-state index is 0.125. The summed E-state index contributed by atoms with van der Waals surface area (Å²) in [5, 5.41) is 0. The Kier molecular flexibility index (Phi) is 5.61. The number of benzene rings is 2. The molecule has 3 aromatic rings. The second-order valence-corrected chi connectivity index (χ2v) is 7.58. The van der Waals surface area contributed by atoms with Gasteiger partial charge in [0.05, 0.1) is 7.11 Å². The third-order valence-corrected chi connectivity index (χ3v) is 5.62. The molecule has 0 bridgehead atoms. The highest BCUT2D eigenvalue weighted by Gasteiger charge is 2.25. The van der Waals surface area contributed by atoms with Gasteiger partial charge in [0.1, 0.15) is 5.75 Å². The number of hydrogen-bond donors (Lipinski definition) is 0. The van der Waals surface area contributed by atoms with Gasteiger partial charge in [0.15, 0.2) is 0 Å². The minimum absolute atomic E-state index is 0.125. The Bertz CT molecular complexity index is 975. The van der Waals surface area contributed by atoms with E-state index in [1.54, 1.807) is 7.11 Å². The van der Waals surface area contributed by atoms with E-state index in [4.69, 9.17) is 9.72 Å². The van der Waals surface area contributed by atoms with Crippen LogP contribution in [0.25, 0.3) is 11.1 Å². The predicted octanol–water partition coefficient (Wildman–Crippen LogP) is 5.09. The standard InChI is InChI=1S/C25H26N2O2/c1-18-16-22(19-8-10-23(29-2)11-9-19)17-24(26-18)20-12-14-27(15-13-20)25(28)21-6-4-3-5-7-21/h3-11,16-17,20H,12-15H2,1-2H3. The van der Waals surface area contributed by atoms with Gasteiger partial charge < -0.3 is 9.64 Å². The van der Waals surface area contributed by atoms with Gasteiger partial charge in [-0.25, -0.2) is 0 Å². The molecule has 0 spiro atoms. The monoisotopic (exact) mass is 386 g/mol. The summed E-state index contributed by atoms with van der Waals surface area (Å²) in [6.07, 6.45) is 1.88. The first-order valence-corrected chi connectivity index (χ1v) is 10.1. The molecule has 0 saturated carbocycles. The topological polar surface area (TPSA) is 42.4 Å². The first-order valence-electron chi connectivity index (χ1n) is 10.1. The fourth-order valence-electron chi connectivity index (χ4n) is 4.00. The fraction of sp³-hybridized carbons (Fsp3) is 0.280. The zero-order chi connectivity index (χ0) is 20.2. The minimum Gasteiger partial charge on any atom is -0.497 e. The second-order valence-electron chi connectivity index (χ2n) is 7.58. The molecule has 2 aromatic carbocycles. The number of nitrogens with zero attached hydrogens (tertiary/aromatic N) is 2. The van der Waals surface area contributed by atoms with Gasteiger partial charge in [0.25, 0.3) is 5.91 Å². The third-order valence-electron chi connectivity index (χ3n) is 5.62. The molecule has 1 aliphatic rings. The van der Waals surface area contributed by atoms with E-state index in [0.29, 0.717) is 5.92 Å². The van der Waals surface area contributed by atoms with Crippen molar-refractivity contribution in [3.63, 3.8) is 0 Å². The van der Waals surface area contributed by atoms with Crippen LogP contribution >= 0.6 is 0 Å². The molecule has 4 heteroatoms. The van der Waals surface area contributed by atoms with Gasteiger partial charge >= 0.3 is 0 Å². The molecule has 0 atom stereocenters. The van der Waals surface area contributed by atoms with Crippen LogP contribution in [0, 0.1) is 6.92 Å². The Morgan fingerprint density at radius 3 is 2.31 bits per heavy atom. The molecule has 1 fully saturated rings. The summed E-state index contributed by atoms with van der Waals surface area (Å²) in [6, 6.07) is 22.0. The summed E-state index contributed by atoms with van der Waals surface area (Å²) in [4.78, 5) is 19.5. The van der Waals surface area contributed by atoms with E-state index in [0.717, 1.165) is 54.2 Å². The van der Waals surface area contributed by atoms with Crippen LogP contribution in [-0.4, -0.2) is 36.0 Å². The summed E-state index contributed by atoms with van der Waals surface area (Å²) in [5.41, 5.74) is 5.26. The van der Waals surface area contributed by atoms with E-state index >= 15 is 0 Å². The number of aromatic nitrogens is 1. The molecule has 4 nitrogen and oxygen atoms in total. The van der Waals surface area contributed by atoms with E-state index < -0.39 is 0 Å². The maximum absolute atomic E-state index is 12.7. The van der Waals surface area contributed by atoms with Crippen LogP contribution in [-0.2, 0) is 0 Å². The largest absolute Gasteiger partial charge is 0.497 e. The number of carbonyl (C=O) groups excluding carboxylic acids is 1. The number of rotatable bonds is 4. The highest BCUT2D eigenvalue weighted by Crippen LogP contribution is 2.31. The van der Waals surface area contributed by atoms with Crippen molar-refractivity contribution in [2.75, 3.05) is 20.2 Å². The molecule has 29 heavy (non-hydrogen) atoms. The SMILES string of the molecule is COc1ccc(-c2cc(C)nc(C3CCN(C(=O)c4ccccc4)CC3)c2)cc1. The number of carbonyl (C=O) groups is 1. The number of hydrogen-bond acceptors (Lipinski definition) is 3. The Balaban J connectivity index is 1.48. The Morgan fingerprint density at radius 2 is 1.66 bits per heavy atom. The van der Waals surface area contributed by atoms with Crippen molar-refractivity contribution in [2.45, 2.75) is 25.7 Å². The lowest BCUT2D eigenvalue weighted by atomic mass is 9.91. The van der Waals surface area contributed by atoms with Gasteiger partial charge in [-0.3, -0.25) is 9.78 Å². The van der Waals surface area contributed by atoms with Crippen LogP contribution in [0.2, 0.25) is 0 Å². The van der Waals surface area contributed by atoms with E-state index in [-0.39, 0.29) is 5.91 Å². The van der Waals surface area contributed by atoms with Crippen LogP contribution in [0.4, 0.5) is 0 Å². The quantitative estimate of drug-likeness (QED) is 0.627. The van der Waals surface area contributed by atoms with E-state index in [2.05, 4.69) is 24.3 Å². The number of aryl methyl sites for hydroxylation is 1. The summed E-state index contributed by atoms with van der Waals surface area (Å²) < 4.78 is 5.26. The molecule has 1 amide bonds. The van der Waals surface area contributed by atoms with Crippen LogP contribution in [0.5, 0.6) is 5.75 Å². The highest BCUT2D eigenvalue weighted by atomic mass is 16.5. The van der Waals surface area contributed by atoms with Crippen molar-refractivity contribution in [3.8, 4) is 16.9 Å². The lowest BCUT2D eigenvalue weighted by Gasteiger charge is -2.32. The Labute approximate surface area is 172 Å². The molecular weight excluding hydrogens is 360 g/mol. The molecule has 0 N–H and O–H groups in total. The van der Waals surface area contributed by atoms with Crippen LogP contribution in [0.3, 0.4) is 0 Å². The molecule has 0 radical (unpaired) electrons. The number of methoxy groups -OCH3 is 1. The van der Waals surface area contributed by atoms with Gasteiger partial charge in [-0.1, -0.05) is 30.3 Å². The van der Waals surface area contributed by atoms with Gasteiger partial charge in [-0.05, 0) is 67.3 Å². The Morgan fingerprint density at radius 1 is 0.966 bits per heavy atom. The number of piperidine rings is 1. The Hall–Kier alpha value is -3.14. The van der Waals surface area contributed by atoms with Crippen molar-refractivity contribution < 1.29 is 9.53 Å². The predicted molar refractivity (Wildman–Crippen MR) is 115 cm³/mol. The summed E-state index contributed by atoms with van der Waals surface area (Å²) >= 11 is 0. The van der Waals surface area contributed by atoms with E-state index in [1.165, 1.54) is 5.56 Å². The van der Waals surface area contributed by atoms with Crippen LogP contribution in [0.15, 0.2) is 66.7 Å². The van der Waals surface area contributed by atoms with Gasteiger partial charge in [0.2, 0.25) is 0 Å². The average Bonchev–Trinajstić information content (AvgIpc) is 2.79. The molecule has 148 valence electrons. The van der Waals surface area contributed by atoms with Crippen molar-refractivity contribution >= 4 is 5.91 Å². The first kappa shape index (κ1) is 19.2. The molecule has 0 aliphatic carbocycles. The van der Waals surface area contributed by atoms with Gasteiger partial charge in [-0.2, -0.15) is 0 Å². The maximum Gasteiger partial charge on any atom is 0.253 e. The van der Waals surface area contributed by atoms with Crippen molar-refractivity contribution in [3.05, 3.63) is 83.7 Å². The van der Waals surface area contributed by atoms with Gasteiger partial charge in [-0.15, -0.1) is 0 Å². The molecule has 1 aromatic heterocycles. The lowest BCUT2D eigenvalue weighted by Crippen LogP contribution is -2.38. The number of amides is 1. The molecule has 1 aliphatic heterocycles. The average molecular weight is 386 g/mol. The molecule has 0 unspecified atom stereocenters. The number of likely N-dealkylation sites (tertiary alicyclic amines) is 1. The van der Waals surface area contributed by atoms with Gasteiger partial charge in [0, 0.05) is 36.0 Å². The number of ether oxygens (including phenoxy) is 1. The zero-order valence-electron chi connectivity index (χ0n) is 17.0. The highest BCUT2D eigenvalue weighted by molar-refractivity contribution is 5.94. The van der Waals surface area contributed by atoms with Crippen LogP contribution < -0.4 is 4.74 Å². The van der Waals surface area contributed by atoms with Crippen molar-refractivity contribution in [1.82, 2.24) is 9.88 Å². The number of pyridine rings is 1. The molecular formula is C25H26N2O2. The zero-order valence-corrected chi connectivity index (χ0v) is 17.0. The van der Waals surface area contributed by atoms with Crippen LogP contribution in [0.1, 0.15) is 40.5 Å². The summed E-state index contributed by atoms with van der Waals surface area (Å²) in [5.74, 6) is 1.36. The maximum atomic E-state index is 12.7. The second kappa shape index (κ2) is 8.48. The lowest BCUT2D eigenvalue weighted by molar-refractivity contribution is 0.0712. The smallest absolute Gasteiger partial charge is 0.253 e. The molecule has 1 saturated heterocycles. The van der Waals surface area contributed by atoms with Crippen molar-refractivity contribution in [1.29, 1.82) is 0 Å². The summed E-state index contributed by atoms with van der Waals surface area (Å²) in [6.45, 7) is 3.59. The molecule has 2 heterocycles. The van der Waals surface area contributed by atoms with E-state index in [1.807, 2.05) is 54.3 Å². The first-order chi connectivity index (χ1) is 14.1. The third kappa shape index (κ3) is 4.32. The van der Waals surface area contributed by atoms with Crippen molar-refractivity contribution in [2.24, 2.45) is 0 Å². The summed E-state index contributed by atoms with van der Waals surface area (Å²) in [7, 11) is 1.68.